The van der Waals surface area contributed by atoms with E-state index in [0.29, 0.717) is 5.75 Å². The Morgan fingerprint density at radius 3 is 2.62 bits per heavy atom. The summed E-state index contributed by atoms with van der Waals surface area (Å²) < 4.78 is 35.4. The number of aryl methyl sites for hydroxylation is 1. The van der Waals surface area contributed by atoms with Crippen molar-refractivity contribution >= 4 is 27.1 Å². The Hall–Kier alpha value is -3.00. The lowest BCUT2D eigenvalue weighted by Crippen LogP contribution is -2.19. The van der Waals surface area contributed by atoms with Crippen molar-refractivity contribution in [1.29, 1.82) is 0 Å². The predicted molar refractivity (Wildman–Crippen MR) is 100 cm³/mol. The number of fused-ring (bicyclic) bond motifs is 1. The number of sulfonamides is 1. The molecule has 1 heterocycles. The summed E-state index contributed by atoms with van der Waals surface area (Å²) in [6.07, 6.45) is 1.48. The van der Waals surface area contributed by atoms with Gasteiger partial charge >= 0.3 is 0 Å². The lowest BCUT2D eigenvalue weighted by atomic mass is 10.1. The number of aromatic amines is 1. The second-order valence-corrected chi connectivity index (χ2v) is 7.21. The molecular formula is C18H19N3O4S. The first-order valence-electron chi connectivity index (χ1n) is 7.80. The van der Waals surface area contributed by atoms with Crippen LogP contribution in [0.25, 0.3) is 10.9 Å². The lowest BCUT2D eigenvalue weighted by molar-refractivity contribution is 0.392. The third-order valence-corrected chi connectivity index (χ3v) is 5.21. The maximum atomic E-state index is 12.6. The molecule has 0 fully saturated rings. The minimum Gasteiger partial charge on any atom is -0.497 e. The van der Waals surface area contributed by atoms with E-state index >= 15 is 0 Å². The molecule has 2 aromatic carbocycles. The molecule has 0 aliphatic rings. The van der Waals surface area contributed by atoms with Crippen LogP contribution in [0.4, 0.5) is 0 Å². The third kappa shape index (κ3) is 3.36. The minimum atomic E-state index is -3.92. The highest BCUT2D eigenvalue weighted by Crippen LogP contribution is 2.28. The fourth-order valence-electron chi connectivity index (χ4n) is 2.67. The number of hydrogen-bond donors (Lipinski definition) is 2. The highest BCUT2D eigenvalue weighted by atomic mass is 32.2. The van der Waals surface area contributed by atoms with Gasteiger partial charge in [-0.15, -0.1) is 0 Å². The maximum Gasteiger partial charge on any atom is 0.280 e. The summed E-state index contributed by atoms with van der Waals surface area (Å²) in [5, 5.41) is 4.89. The molecule has 136 valence electrons. The smallest absolute Gasteiger partial charge is 0.280 e. The molecule has 2 N–H and O–H groups in total. The topological polar surface area (TPSA) is 92.8 Å². The lowest BCUT2D eigenvalue weighted by Gasteiger charge is -2.10. The van der Waals surface area contributed by atoms with Crippen molar-refractivity contribution in [2.75, 3.05) is 14.2 Å². The van der Waals surface area contributed by atoms with Gasteiger partial charge in [0.05, 0.1) is 20.4 Å². The van der Waals surface area contributed by atoms with Crippen LogP contribution < -0.4 is 14.3 Å². The van der Waals surface area contributed by atoms with Gasteiger partial charge in [-0.3, -0.25) is 0 Å². The highest BCUT2D eigenvalue weighted by Gasteiger charge is 2.20. The Labute approximate surface area is 151 Å². The van der Waals surface area contributed by atoms with Gasteiger partial charge in [0.15, 0.2) is 0 Å². The Balaban J connectivity index is 1.91. The van der Waals surface area contributed by atoms with E-state index in [9.17, 15) is 8.42 Å². The fourth-order valence-corrected chi connectivity index (χ4v) is 3.65. The largest absolute Gasteiger partial charge is 0.497 e. The highest BCUT2D eigenvalue weighted by molar-refractivity contribution is 7.89. The van der Waals surface area contributed by atoms with E-state index in [0.717, 1.165) is 22.2 Å². The number of methoxy groups -OCH3 is 2. The van der Waals surface area contributed by atoms with Gasteiger partial charge in [0.25, 0.3) is 10.0 Å². The van der Waals surface area contributed by atoms with Gasteiger partial charge in [-0.1, -0.05) is 18.2 Å². The molecule has 1 aromatic heterocycles. The number of hydrogen-bond acceptors (Lipinski definition) is 5. The third-order valence-electron chi connectivity index (χ3n) is 3.97. The molecule has 0 aliphatic carbocycles. The minimum absolute atomic E-state index is 0.0489. The van der Waals surface area contributed by atoms with Gasteiger partial charge < -0.3 is 14.5 Å². The van der Waals surface area contributed by atoms with Gasteiger partial charge in [-0.2, -0.15) is 18.4 Å². The normalized spacial score (nSPS) is 11.8. The first-order chi connectivity index (χ1) is 12.5. The summed E-state index contributed by atoms with van der Waals surface area (Å²) >= 11 is 0. The number of ether oxygens (including phenoxy) is 2. The van der Waals surface area contributed by atoms with Crippen LogP contribution in [0, 0.1) is 6.92 Å². The van der Waals surface area contributed by atoms with Crippen LogP contribution in [0.3, 0.4) is 0 Å². The van der Waals surface area contributed by atoms with Gasteiger partial charge in [-0.25, -0.2) is 0 Å². The van der Waals surface area contributed by atoms with E-state index in [2.05, 4.69) is 14.9 Å². The molecule has 0 saturated heterocycles. The number of aromatic nitrogens is 1. The zero-order valence-electron chi connectivity index (χ0n) is 14.6. The number of rotatable bonds is 6. The molecule has 0 spiro atoms. The van der Waals surface area contributed by atoms with Gasteiger partial charge in [0, 0.05) is 28.2 Å². The Bertz CT molecular complexity index is 1070. The summed E-state index contributed by atoms with van der Waals surface area (Å²) in [5.41, 5.74) is 2.68. The predicted octanol–water partition coefficient (Wildman–Crippen LogP) is 2.81. The summed E-state index contributed by atoms with van der Waals surface area (Å²) in [7, 11) is -1.05. The average Bonchev–Trinajstić information content (AvgIpc) is 2.96. The van der Waals surface area contributed by atoms with Crippen LogP contribution in [-0.4, -0.2) is 33.8 Å². The molecule has 0 saturated carbocycles. The zero-order chi connectivity index (χ0) is 18.7. The maximum absolute atomic E-state index is 12.6. The molecule has 0 amide bonds. The molecule has 0 atom stereocenters. The second-order valence-electron chi connectivity index (χ2n) is 5.58. The molecule has 7 nitrogen and oxygen atoms in total. The van der Waals surface area contributed by atoms with Crippen LogP contribution in [0.5, 0.6) is 11.5 Å². The number of nitrogens with one attached hydrogen (secondary N) is 2. The second kappa shape index (κ2) is 7.09. The van der Waals surface area contributed by atoms with E-state index in [1.165, 1.54) is 32.6 Å². The summed E-state index contributed by atoms with van der Waals surface area (Å²) in [5.74, 6) is 0.611. The quantitative estimate of drug-likeness (QED) is 0.513. The van der Waals surface area contributed by atoms with Crippen molar-refractivity contribution < 1.29 is 17.9 Å². The van der Waals surface area contributed by atoms with E-state index in [1.807, 2.05) is 31.2 Å². The first-order valence-corrected chi connectivity index (χ1v) is 9.29. The Morgan fingerprint density at radius 2 is 1.88 bits per heavy atom. The van der Waals surface area contributed by atoms with E-state index in [-0.39, 0.29) is 10.6 Å². The van der Waals surface area contributed by atoms with Crippen LogP contribution in [0.2, 0.25) is 0 Å². The van der Waals surface area contributed by atoms with Crippen molar-refractivity contribution in [3.63, 3.8) is 0 Å². The molecular weight excluding hydrogens is 354 g/mol. The van der Waals surface area contributed by atoms with E-state index < -0.39 is 10.0 Å². The number of benzene rings is 2. The number of H-pyrrole nitrogens is 1. The molecule has 8 heteroatoms. The SMILES string of the molecule is COc1ccc(OC)c(S(=O)(=O)N/N=C/c2c(C)[nH]c3ccccc23)c1. The number of hydrazone groups is 1. The van der Waals surface area contributed by atoms with Gasteiger partial charge in [0.2, 0.25) is 0 Å². The van der Waals surface area contributed by atoms with E-state index in [1.54, 1.807) is 6.07 Å². The summed E-state index contributed by atoms with van der Waals surface area (Å²) in [6, 6.07) is 12.3. The van der Waals surface area contributed by atoms with Crippen LogP contribution in [0.15, 0.2) is 52.5 Å². The van der Waals surface area contributed by atoms with Crippen LogP contribution in [-0.2, 0) is 10.0 Å². The monoisotopic (exact) mass is 373 g/mol. The molecule has 0 aliphatic heterocycles. The molecule has 0 unspecified atom stereocenters. The molecule has 3 aromatic rings. The number of para-hydroxylation sites is 1. The fraction of sp³-hybridized carbons (Fsp3) is 0.167. The molecule has 0 bridgehead atoms. The zero-order valence-corrected chi connectivity index (χ0v) is 15.4. The Kier molecular flexibility index (Phi) is 4.85. The van der Waals surface area contributed by atoms with Crippen molar-refractivity contribution in [2.45, 2.75) is 11.8 Å². The van der Waals surface area contributed by atoms with Crippen molar-refractivity contribution in [3.8, 4) is 11.5 Å². The summed E-state index contributed by atoms with van der Waals surface area (Å²) in [4.78, 5) is 5.41. The van der Waals surface area contributed by atoms with Crippen molar-refractivity contribution in [2.24, 2.45) is 5.10 Å². The van der Waals surface area contributed by atoms with Gasteiger partial charge in [0.1, 0.15) is 16.4 Å². The van der Waals surface area contributed by atoms with E-state index in [4.69, 9.17) is 9.47 Å². The first kappa shape index (κ1) is 17.8. The average molecular weight is 373 g/mol. The van der Waals surface area contributed by atoms with Crippen molar-refractivity contribution in [1.82, 2.24) is 9.82 Å². The molecule has 3 rings (SSSR count). The summed E-state index contributed by atoms with van der Waals surface area (Å²) in [6.45, 7) is 1.90. The van der Waals surface area contributed by atoms with Gasteiger partial charge in [-0.05, 0) is 25.1 Å². The molecule has 0 radical (unpaired) electrons. The van der Waals surface area contributed by atoms with Crippen LogP contribution >= 0.6 is 0 Å². The molecule has 26 heavy (non-hydrogen) atoms. The standard InChI is InChI=1S/C18H19N3O4S/c1-12-15(14-6-4-5-7-16(14)20-12)11-19-21-26(22,23)18-10-13(24-2)8-9-17(18)25-3/h4-11,20-21H,1-3H3/b19-11+. The van der Waals surface area contributed by atoms with Crippen molar-refractivity contribution in [3.05, 3.63) is 53.7 Å². The van der Waals surface area contributed by atoms with Crippen LogP contribution in [0.1, 0.15) is 11.3 Å². The number of nitrogens with zero attached hydrogens (tertiary/aromatic N) is 1. The Morgan fingerprint density at radius 1 is 1.12 bits per heavy atom.